The molecule has 0 aliphatic heterocycles. The van der Waals surface area contributed by atoms with Crippen molar-refractivity contribution < 1.29 is 4.42 Å². The van der Waals surface area contributed by atoms with Crippen LogP contribution in [-0.4, -0.2) is 0 Å². The van der Waals surface area contributed by atoms with Crippen molar-refractivity contribution in [1.29, 1.82) is 0 Å². The second-order valence-corrected chi connectivity index (χ2v) is 13.6. The van der Waals surface area contributed by atoms with Gasteiger partial charge in [0, 0.05) is 47.6 Å². The Labute approximate surface area is 287 Å². The van der Waals surface area contributed by atoms with Crippen LogP contribution in [-0.2, 0) is 0 Å². The summed E-state index contributed by atoms with van der Waals surface area (Å²) >= 11 is 1.86. The Balaban J connectivity index is 1.13. The fourth-order valence-electron chi connectivity index (χ4n) is 7.33. The van der Waals surface area contributed by atoms with E-state index in [1.165, 1.54) is 42.1 Å². The van der Waals surface area contributed by atoms with E-state index in [-0.39, 0.29) is 0 Å². The van der Waals surface area contributed by atoms with E-state index < -0.39 is 0 Å². The molecule has 3 heteroatoms. The molecule has 2 nitrogen and oxygen atoms in total. The summed E-state index contributed by atoms with van der Waals surface area (Å²) in [6, 6.07) is 63.4. The Bertz CT molecular complexity index is 2840. The maximum atomic E-state index is 6.23. The molecular weight excluding hydrogens is 615 g/mol. The Hall–Kier alpha value is -6.16. The highest BCUT2D eigenvalue weighted by Gasteiger charge is 2.20. The highest BCUT2D eigenvalue weighted by atomic mass is 32.1. The van der Waals surface area contributed by atoms with E-state index in [1.807, 2.05) is 23.5 Å². The second kappa shape index (κ2) is 11.2. The molecule has 0 atom stereocenters. The minimum Gasteiger partial charge on any atom is -0.456 e. The number of furan rings is 1. The lowest BCUT2D eigenvalue weighted by molar-refractivity contribution is 0.669. The standard InChI is InChI=1S/C46H29NOS/c1-2-12-35-31(10-1)11-9-17-42(35)47(34-24-20-30(21-25-34)32-22-26-38-37-14-4-7-18-43(37)48-44(38)29-32)41-16-6-3-13-36(41)33-23-27-46-40(28-33)39-15-5-8-19-45(39)49-46/h1-29H. The van der Waals surface area contributed by atoms with Crippen LogP contribution in [0.15, 0.2) is 180 Å². The van der Waals surface area contributed by atoms with Crippen molar-refractivity contribution in [3.05, 3.63) is 176 Å². The van der Waals surface area contributed by atoms with Gasteiger partial charge in [0.2, 0.25) is 0 Å². The molecule has 0 aliphatic rings. The minimum atomic E-state index is 0.907. The second-order valence-electron chi connectivity index (χ2n) is 12.5. The fraction of sp³-hybridized carbons (Fsp3) is 0. The first-order chi connectivity index (χ1) is 24.3. The summed E-state index contributed by atoms with van der Waals surface area (Å²) in [7, 11) is 0. The highest BCUT2D eigenvalue weighted by molar-refractivity contribution is 7.25. The lowest BCUT2D eigenvalue weighted by Crippen LogP contribution is -2.11. The van der Waals surface area contributed by atoms with E-state index in [0.717, 1.165) is 50.1 Å². The van der Waals surface area contributed by atoms with Crippen molar-refractivity contribution in [2.45, 2.75) is 0 Å². The molecule has 0 unspecified atom stereocenters. The molecule has 0 aliphatic carbocycles. The van der Waals surface area contributed by atoms with Crippen LogP contribution in [0, 0.1) is 0 Å². The molecule has 2 aromatic heterocycles. The van der Waals surface area contributed by atoms with Crippen molar-refractivity contribution >= 4 is 81.3 Å². The largest absolute Gasteiger partial charge is 0.456 e. The first kappa shape index (κ1) is 27.9. The third-order valence-electron chi connectivity index (χ3n) is 9.68. The number of rotatable bonds is 5. The van der Waals surface area contributed by atoms with E-state index in [2.05, 4.69) is 169 Å². The number of fused-ring (bicyclic) bond motifs is 7. The summed E-state index contributed by atoms with van der Waals surface area (Å²) in [5.41, 5.74) is 9.86. The van der Waals surface area contributed by atoms with E-state index in [9.17, 15) is 0 Å². The normalized spacial score (nSPS) is 11.7. The number of hydrogen-bond donors (Lipinski definition) is 0. The Morgan fingerprint density at radius 3 is 1.96 bits per heavy atom. The summed E-state index contributed by atoms with van der Waals surface area (Å²) in [5, 5.41) is 7.32. The van der Waals surface area contributed by atoms with Crippen molar-refractivity contribution in [2.75, 3.05) is 4.90 Å². The molecule has 49 heavy (non-hydrogen) atoms. The summed E-state index contributed by atoms with van der Waals surface area (Å²) in [4.78, 5) is 2.42. The lowest BCUT2D eigenvalue weighted by Gasteiger charge is -2.29. The molecule has 0 radical (unpaired) electrons. The predicted molar refractivity (Wildman–Crippen MR) is 210 cm³/mol. The first-order valence-corrected chi connectivity index (χ1v) is 17.4. The number of para-hydroxylation sites is 2. The number of thiophene rings is 1. The minimum absolute atomic E-state index is 0.907. The number of nitrogens with zero attached hydrogens (tertiary/aromatic N) is 1. The zero-order chi connectivity index (χ0) is 32.3. The molecule has 0 saturated heterocycles. The molecule has 0 N–H and O–H groups in total. The monoisotopic (exact) mass is 643 g/mol. The fourth-order valence-corrected chi connectivity index (χ4v) is 8.41. The van der Waals surface area contributed by atoms with E-state index in [4.69, 9.17) is 4.42 Å². The van der Waals surface area contributed by atoms with Gasteiger partial charge in [-0.2, -0.15) is 0 Å². The number of benzene rings is 8. The van der Waals surface area contributed by atoms with Crippen molar-refractivity contribution in [1.82, 2.24) is 0 Å². The van der Waals surface area contributed by atoms with Crippen LogP contribution in [0.4, 0.5) is 17.1 Å². The Morgan fingerprint density at radius 1 is 0.388 bits per heavy atom. The molecular formula is C46H29NOS. The summed E-state index contributed by atoms with van der Waals surface area (Å²) in [6.07, 6.45) is 0. The van der Waals surface area contributed by atoms with Gasteiger partial charge in [0.1, 0.15) is 11.2 Å². The SMILES string of the molecule is c1ccc(N(c2ccc(-c3ccc4c(c3)oc3ccccc34)cc2)c2cccc3ccccc23)c(-c2ccc3sc4ccccc4c3c2)c1. The molecule has 0 amide bonds. The molecule has 0 fully saturated rings. The molecule has 0 saturated carbocycles. The lowest BCUT2D eigenvalue weighted by atomic mass is 9.98. The first-order valence-electron chi connectivity index (χ1n) is 16.6. The van der Waals surface area contributed by atoms with Crippen LogP contribution in [0.1, 0.15) is 0 Å². The van der Waals surface area contributed by atoms with Crippen LogP contribution in [0.3, 0.4) is 0 Å². The molecule has 10 rings (SSSR count). The maximum Gasteiger partial charge on any atom is 0.136 e. The molecule has 8 aromatic carbocycles. The average molecular weight is 644 g/mol. The summed E-state index contributed by atoms with van der Waals surface area (Å²) < 4.78 is 8.86. The molecule has 230 valence electrons. The van der Waals surface area contributed by atoms with Gasteiger partial charge in [0.05, 0.1) is 11.4 Å². The van der Waals surface area contributed by atoms with Crippen LogP contribution in [0.2, 0.25) is 0 Å². The predicted octanol–water partition coefficient (Wildman–Crippen LogP) is 13.9. The van der Waals surface area contributed by atoms with Crippen molar-refractivity contribution in [3.8, 4) is 22.3 Å². The van der Waals surface area contributed by atoms with E-state index in [1.54, 1.807) is 0 Å². The van der Waals surface area contributed by atoms with Crippen molar-refractivity contribution in [3.63, 3.8) is 0 Å². The third kappa shape index (κ3) is 4.62. The van der Waals surface area contributed by atoms with Crippen LogP contribution in [0.25, 0.3) is 75.1 Å². The Kier molecular flexibility index (Phi) is 6.39. The molecule has 0 spiro atoms. The third-order valence-corrected chi connectivity index (χ3v) is 10.8. The summed E-state index contributed by atoms with van der Waals surface area (Å²) in [5.74, 6) is 0. The average Bonchev–Trinajstić information content (AvgIpc) is 3.73. The van der Waals surface area contributed by atoms with Gasteiger partial charge in [0.25, 0.3) is 0 Å². The zero-order valence-corrected chi connectivity index (χ0v) is 27.3. The number of anilines is 3. The quantitative estimate of drug-likeness (QED) is 0.186. The van der Waals surface area contributed by atoms with Gasteiger partial charge in [-0.3, -0.25) is 0 Å². The maximum absolute atomic E-state index is 6.23. The van der Waals surface area contributed by atoms with Gasteiger partial charge in [-0.15, -0.1) is 11.3 Å². The Morgan fingerprint density at radius 2 is 1.04 bits per heavy atom. The number of hydrogen-bond acceptors (Lipinski definition) is 3. The van der Waals surface area contributed by atoms with Crippen molar-refractivity contribution in [2.24, 2.45) is 0 Å². The van der Waals surface area contributed by atoms with E-state index >= 15 is 0 Å². The van der Waals surface area contributed by atoms with Gasteiger partial charge < -0.3 is 9.32 Å². The topological polar surface area (TPSA) is 16.4 Å². The molecule has 10 aromatic rings. The molecule has 2 heterocycles. The zero-order valence-electron chi connectivity index (χ0n) is 26.5. The van der Waals surface area contributed by atoms with Gasteiger partial charge in [-0.25, -0.2) is 0 Å². The van der Waals surface area contributed by atoms with Crippen LogP contribution in [0.5, 0.6) is 0 Å². The van der Waals surface area contributed by atoms with E-state index in [0.29, 0.717) is 0 Å². The van der Waals surface area contributed by atoms with Gasteiger partial charge in [-0.1, -0.05) is 115 Å². The highest BCUT2D eigenvalue weighted by Crippen LogP contribution is 2.45. The smallest absolute Gasteiger partial charge is 0.136 e. The van der Waals surface area contributed by atoms with Crippen LogP contribution < -0.4 is 4.90 Å². The van der Waals surface area contributed by atoms with Gasteiger partial charge in [-0.05, 0) is 82.7 Å². The summed E-state index contributed by atoms with van der Waals surface area (Å²) in [6.45, 7) is 0. The van der Waals surface area contributed by atoms with Gasteiger partial charge in [0.15, 0.2) is 0 Å². The molecule has 0 bridgehead atoms. The van der Waals surface area contributed by atoms with Gasteiger partial charge >= 0.3 is 0 Å². The van der Waals surface area contributed by atoms with Crippen LogP contribution >= 0.6 is 11.3 Å².